The Bertz CT molecular complexity index is 1210. The second kappa shape index (κ2) is 8.67. The molecule has 8 heteroatoms. The molecule has 0 bridgehead atoms. The van der Waals surface area contributed by atoms with Crippen LogP contribution in [-0.2, 0) is 17.4 Å². The number of nitrogens with zero attached hydrogens (tertiary/aromatic N) is 2. The minimum atomic E-state index is -4.99. The monoisotopic (exact) mass is 457 g/mol. The second-order valence-corrected chi connectivity index (χ2v) is 8.54. The van der Waals surface area contributed by atoms with Crippen LogP contribution in [0.5, 0.6) is 0 Å². The van der Waals surface area contributed by atoms with Crippen molar-refractivity contribution in [2.24, 2.45) is 18.0 Å². The van der Waals surface area contributed by atoms with Crippen LogP contribution < -0.4 is 5.32 Å². The zero-order valence-corrected chi connectivity index (χ0v) is 18.5. The van der Waals surface area contributed by atoms with Crippen molar-refractivity contribution >= 4 is 28.7 Å². The van der Waals surface area contributed by atoms with Gasteiger partial charge in [-0.2, -0.15) is 13.2 Å². The fourth-order valence-corrected chi connectivity index (χ4v) is 4.67. The SMILES string of the molecule is C/N=C\c1cc(C(O)(c2cn(C)c3ccccc23)C(F)(F)F)ccc1NC(=O)C1CCCC1. The Morgan fingerprint density at radius 2 is 1.88 bits per heavy atom. The summed E-state index contributed by atoms with van der Waals surface area (Å²) in [5, 5.41) is 14.4. The van der Waals surface area contributed by atoms with E-state index in [9.17, 15) is 23.1 Å². The number of nitrogens with one attached hydrogen (secondary N) is 1. The number of aliphatic imine (C=N–C) groups is 1. The van der Waals surface area contributed by atoms with Crippen LogP contribution in [0, 0.1) is 5.92 Å². The third-order valence-corrected chi connectivity index (χ3v) is 6.42. The number of benzene rings is 2. The Morgan fingerprint density at radius 3 is 2.55 bits per heavy atom. The number of para-hydroxylation sites is 1. The molecule has 33 heavy (non-hydrogen) atoms. The van der Waals surface area contributed by atoms with Gasteiger partial charge in [-0.15, -0.1) is 0 Å². The fraction of sp³-hybridized carbons (Fsp3) is 0.360. The second-order valence-electron chi connectivity index (χ2n) is 8.54. The van der Waals surface area contributed by atoms with Gasteiger partial charge in [0.05, 0.1) is 0 Å². The molecular weight excluding hydrogens is 431 g/mol. The maximum Gasteiger partial charge on any atom is 0.425 e. The van der Waals surface area contributed by atoms with Crippen LogP contribution in [0.3, 0.4) is 0 Å². The van der Waals surface area contributed by atoms with Gasteiger partial charge in [0.1, 0.15) is 0 Å². The van der Waals surface area contributed by atoms with Crippen molar-refractivity contribution < 1.29 is 23.1 Å². The van der Waals surface area contributed by atoms with Crippen molar-refractivity contribution in [1.29, 1.82) is 0 Å². The number of aryl methyl sites for hydroxylation is 1. The van der Waals surface area contributed by atoms with Crippen LogP contribution >= 0.6 is 0 Å². The van der Waals surface area contributed by atoms with Crippen LogP contribution in [0.15, 0.2) is 53.7 Å². The van der Waals surface area contributed by atoms with E-state index in [-0.39, 0.29) is 23.0 Å². The van der Waals surface area contributed by atoms with Crippen molar-refractivity contribution in [3.05, 3.63) is 65.4 Å². The molecule has 2 N–H and O–H groups in total. The lowest BCUT2D eigenvalue weighted by molar-refractivity contribution is -0.247. The van der Waals surface area contributed by atoms with E-state index >= 15 is 0 Å². The predicted molar refractivity (Wildman–Crippen MR) is 123 cm³/mol. The Kier molecular flexibility index (Phi) is 6.05. The summed E-state index contributed by atoms with van der Waals surface area (Å²) in [7, 11) is 3.13. The van der Waals surface area contributed by atoms with Gasteiger partial charge < -0.3 is 15.0 Å². The van der Waals surface area contributed by atoms with Gasteiger partial charge >= 0.3 is 6.18 Å². The minimum Gasteiger partial charge on any atom is -0.372 e. The molecule has 3 aromatic rings. The van der Waals surface area contributed by atoms with Crippen molar-refractivity contribution in [3.8, 4) is 0 Å². The highest BCUT2D eigenvalue weighted by Gasteiger charge is 2.57. The molecule has 0 aliphatic heterocycles. The first-order valence-electron chi connectivity index (χ1n) is 10.9. The standard InChI is InChI=1S/C25H26F3N3O2/c1-29-14-17-13-18(11-12-21(17)30-23(32)16-7-3-4-8-16)24(33,25(26,27)28)20-15-31(2)22-10-6-5-9-19(20)22/h5-6,9-16,33H,3-4,7-8H2,1-2H3,(H,30,32)/b29-14-. The largest absolute Gasteiger partial charge is 0.425 e. The first kappa shape index (κ1) is 23.0. The third kappa shape index (κ3) is 4.04. The number of hydrogen-bond acceptors (Lipinski definition) is 3. The van der Waals surface area contributed by atoms with Gasteiger partial charge in [-0.3, -0.25) is 9.79 Å². The smallest absolute Gasteiger partial charge is 0.372 e. The summed E-state index contributed by atoms with van der Waals surface area (Å²) in [6, 6.07) is 10.5. The summed E-state index contributed by atoms with van der Waals surface area (Å²) in [4.78, 5) is 16.5. The Balaban J connectivity index is 1.83. The number of rotatable bonds is 5. The Labute approximate surface area is 189 Å². The van der Waals surface area contributed by atoms with Crippen LogP contribution in [0.25, 0.3) is 10.9 Å². The van der Waals surface area contributed by atoms with E-state index in [0.29, 0.717) is 22.2 Å². The lowest BCUT2D eigenvalue weighted by atomic mass is 9.84. The molecule has 174 valence electrons. The Hall–Kier alpha value is -3.13. The molecule has 1 heterocycles. The normalized spacial score (nSPS) is 17.0. The average Bonchev–Trinajstić information content (AvgIpc) is 3.43. The van der Waals surface area contributed by atoms with E-state index in [4.69, 9.17) is 0 Å². The van der Waals surface area contributed by atoms with Crippen molar-refractivity contribution in [2.75, 3.05) is 12.4 Å². The summed E-state index contributed by atoms with van der Waals surface area (Å²) in [5.41, 5.74) is -2.62. The van der Waals surface area contributed by atoms with E-state index in [1.165, 1.54) is 37.7 Å². The highest BCUT2D eigenvalue weighted by Crippen LogP contribution is 2.47. The maximum atomic E-state index is 14.5. The van der Waals surface area contributed by atoms with E-state index < -0.39 is 11.8 Å². The van der Waals surface area contributed by atoms with Crippen LogP contribution in [0.1, 0.15) is 42.4 Å². The lowest BCUT2D eigenvalue weighted by Crippen LogP contribution is -2.43. The zero-order valence-electron chi connectivity index (χ0n) is 18.5. The number of aromatic nitrogens is 1. The molecule has 0 spiro atoms. The number of anilines is 1. The first-order valence-corrected chi connectivity index (χ1v) is 10.9. The summed E-state index contributed by atoms with van der Waals surface area (Å²) in [6.07, 6.45) is 1.28. The zero-order chi connectivity index (χ0) is 23.8. The highest BCUT2D eigenvalue weighted by molar-refractivity contribution is 5.99. The molecule has 2 aromatic carbocycles. The number of carbonyl (C=O) groups excluding carboxylic acids is 1. The molecule has 1 fully saturated rings. The van der Waals surface area contributed by atoms with Crippen LogP contribution in [0.4, 0.5) is 18.9 Å². The van der Waals surface area contributed by atoms with E-state index in [1.807, 2.05) is 0 Å². The van der Waals surface area contributed by atoms with Crippen molar-refractivity contribution in [2.45, 2.75) is 37.5 Å². The number of amides is 1. The molecule has 1 aromatic heterocycles. The maximum absolute atomic E-state index is 14.5. The van der Waals surface area contributed by atoms with E-state index in [1.54, 1.807) is 35.9 Å². The molecule has 4 rings (SSSR count). The van der Waals surface area contributed by atoms with Gasteiger partial charge in [0, 0.05) is 60.1 Å². The highest BCUT2D eigenvalue weighted by atomic mass is 19.4. The van der Waals surface area contributed by atoms with Crippen molar-refractivity contribution in [1.82, 2.24) is 4.57 Å². The summed E-state index contributed by atoms with van der Waals surface area (Å²) < 4.78 is 45.0. The number of fused-ring (bicyclic) bond motifs is 1. The van der Waals surface area contributed by atoms with E-state index in [0.717, 1.165) is 25.7 Å². The number of halogens is 3. The topological polar surface area (TPSA) is 66.6 Å². The quantitative estimate of drug-likeness (QED) is 0.520. The van der Waals surface area contributed by atoms with Gasteiger partial charge in [-0.1, -0.05) is 37.1 Å². The van der Waals surface area contributed by atoms with Gasteiger partial charge in [-0.25, -0.2) is 0 Å². The molecule has 5 nitrogen and oxygen atoms in total. The summed E-state index contributed by atoms with van der Waals surface area (Å²) >= 11 is 0. The predicted octanol–water partition coefficient (Wildman–Crippen LogP) is 5.15. The lowest BCUT2D eigenvalue weighted by Gasteiger charge is -2.31. The van der Waals surface area contributed by atoms with Gasteiger partial charge in [0.25, 0.3) is 0 Å². The molecule has 0 radical (unpaired) electrons. The minimum absolute atomic E-state index is 0.0983. The number of aliphatic hydroxyl groups is 1. The third-order valence-electron chi connectivity index (χ3n) is 6.42. The van der Waals surface area contributed by atoms with Crippen molar-refractivity contribution in [3.63, 3.8) is 0 Å². The average molecular weight is 457 g/mol. The summed E-state index contributed by atoms with van der Waals surface area (Å²) in [5.74, 6) is -0.245. The molecule has 0 saturated heterocycles. The fourth-order valence-electron chi connectivity index (χ4n) is 4.67. The molecule has 1 unspecified atom stereocenters. The molecule has 1 aliphatic rings. The Morgan fingerprint density at radius 1 is 1.18 bits per heavy atom. The summed E-state index contributed by atoms with van der Waals surface area (Å²) in [6.45, 7) is 0. The molecule has 1 atom stereocenters. The molecule has 1 aliphatic carbocycles. The number of alkyl halides is 3. The van der Waals surface area contributed by atoms with E-state index in [2.05, 4.69) is 10.3 Å². The molecular formula is C25H26F3N3O2. The molecule has 1 amide bonds. The number of hydrogen-bond donors (Lipinski definition) is 2. The van der Waals surface area contributed by atoms with Crippen LogP contribution in [-0.4, -0.2) is 35.0 Å². The van der Waals surface area contributed by atoms with Gasteiger partial charge in [-0.05, 0) is 36.6 Å². The van der Waals surface area contributed by atoms with Crippen LogP contribution in [0.2, 0.25) is 0 Å². The first-order chi connectivity index (χ1) is 15.7. The van der Waals surface area contributed by atoms with Gasteiger partial charge in [0.15, 0.2) is 0 Å². The van der Waals surface area contributed by atoms with Gasteiger partial charge in [0.2, 0.25) is 11.5 Å². The number of carbonyl (C=O) groups is 1. The molecule has 1 saturated carbocycles.